The van der Waals surface area contributed by atoms with Gasteiger partial charge in [0.2, 0.25) is 5.91 Å². The van der Waals surface area contributed by atoms with Crippen LogP contribution in [0.3, 0.4) is 0 Å². The number of amides is 2. The minimum absolute atomic E-state index is 0.0723. The Bertz CT molecular complexity index is 802. The Balaban J connectivity index is 2.19. The molecule has 0 aromatic carbocycles. The molecule has 154 valence electrons. The van der Waals surface area contributed by atoms with E-state index in [1.54, 1.807) is 12.3 Å². The smallest absolute Gasteiger partial charge is 0.426 e. The van der Waals surface area contributed by atoms with Gasteiger partial charge < -0.3 is 20.7 Å². The van der Waals surface area contributed by atoms with Crippen LogP contribution < -0.4 is 10.6 Å². The summed E-state index contributed by atoms with van der Waals surface area (Å²) in [6.07, 6.45) is 6.30. The van der Waals surface area contributed by atoms with Gasteiger partial charge in [-0.15, -0.1) is 0 Å². The molecule has 0 aliphatic rings. The highest BCUT2D eigenvalue weighted by Crippen LogP contribution is 2.08. The van der Waals surface area contributed by atoms with Crippen molar-refractivity contribution in [2.45, 2.75) is 45.6 Å². The van der Waals surface area contributed by atoms with Crippen molar-refractivity contribution in [3.8, 4) is 0 Å². The average molecular weight is 399 g/mol. The summed E-state index contributed by atoms with van der Waals surface area (Å²) in [5.74, 6) is -1.82. The number of carbonyl (C=O) groups is 2. The quantitative estimate of drug-likeness (QED) is 0.438. The van der Waals surface area contributed by atoms with Crippen LogP contribution in [0.5, 0.6) is 0 Å². The molecule has 2 heterocycles. The highest BCUT2D eigenvalue weighted by atomic mass is 16.4. The molecule has 2 aromatic rings. The molecule has 0 bridgehead atoms. The summed E-state index contributed by atoms with van der Waals surface area (Å²) in [6, 6.07) is 2.66. The first-order valence-electron chi connectivity index (χ1n) is 9.41. The lowest BCUT2D eigenvalue weighted by Gasteiger charge is -2.24. The van der Waals surface area contributed by atoms with Crippen LogP contribution >= 0.6 is 0 Å². The van der Waals surface area contributed by atoms with Crippen molar-refractivity contribution in [3.63, 3.8) is 0 Å². The van der Waals surface area contributed by atoms with Gasteiger partial charge in [0.15, 0.2) is 0 Å². The Kier molecular flexibility index (Phi) is 8.23. The van der Waals surface area contributed by atoms with Crippen LogP contribution in [0.2, 0.25) is 0 Å². The molecule has 10 heteroatoms. The first-order chi connectivity index (χ1) is 13.8. The number of hydrogen-bond acceptors (Lipinski definition) is 7. The average Bonchev–Trinajstić information content (AvgIpc) is 2.68. The number of rotatable bonds is 9. The summed E-state index contributed by atoms with van der Waals surface area (Å²) in [6.45, 7) is 5.71. The van der Waals surface area contributed by atoms with Crippen molar-refractivity contribution in [3.05, 3.63) is 53.9 Å². The number of aromatic nitrogens is 3. The number of hydrogen-bond donors (Lipinski definition) is 4. The van der Waals surface area contributed by atoms with Crippen molar-refractivity contribution >= 4 is 18.9 Å². The van der Waals surface area contributed by atoms with Gasteiger partial charge >= 0.3 is 7.12 Å². The van der Waals surface area contributed by atoms with E-state index in [1.165, 1.54) is 18.6 Å². The lowest BCUT2D eigenvalue weighted by molar-refractivity contribution is -0.123. The van der Waals surface area contributed by atoms with Gasteiger partial charge in [-0.3, -0.25) is 19.6 Å². The van der Waals surface area contributed by atoms with Crippen molar-refractivity contribution in [1.82, 2.24) is 25.6 Å². The predicted octanol–water partition coefficient (Wildman–Crippen LogP) is 0.0640. The SMILES string of the molecule is Cc1ccc(C[C@H](NC(=O)c2cnccn2)C(=O)N[C@@H](CC(C)C)B(O)O)nc1. The molecule has 0 aliphatic carbocycles. The van der Waals surface area contributed by atoms with Gasteiger partial charge in [0, 0.05) is 30.7 Å². The second kappa shape index (κ2) is 10.6. The van der Waals surface area contributed by atoms with E-state index in [1.807, 2.05) is 26.8 Å². The van der Waals surface area contributed by atoms with E-state index in [0.717, 1.165) is 5.56 Å². The van der Waals surface area contributed by atoms with Crippen LogP contribution in [0.4, 0.5) is 0 Å². The fourth-order valence-electron chi connectivity index (χ4n) is 2.73. The lowest BCUT2D eigenvalue weighted by atomic mass is 9.75. The highest BCUT2D eigenvalue weighted by Gasteiger charge is 2.30. The molecule has 2 aromatic heterocycles. The number of carbonyl (C=O) groups excluding carboxylic acids is 2. The minimum Gasteiger partial charge on any atom is -0.426 e. The monoisotopic (exact) mass is 399 g/mol. The summed E-state index contributed by atoms with van der Waals surface area (Å²) in [7, 11) is -1.71. The second-order valence-electron chi connectivity index (χ2n) is 7.31. The Morgan fingerprint density at radius 3 is 2.41 bits per heavy atom. The molecule has 0 spiro atoms. The first kappa shape index (κ1) is 22.4. The second-order valence-corrected chi connectivity index (χ2v) is 7.31. The van der Waals surface area contributed by atoms with E-state index in [0.29, 0.717) is 12.1 Å². The molecule has 29 heavy (non-hydrogen) atoms. The summed E-state index contributed by atoms with van der Waals surface area (Å²) in [4.78, 5) is 37.4. The van der Waals surface area contributed by atoms with Gasteiger partial charge in [-0.2, -0.15) is 0 Å². The molecule has 4 N–H and O–H groups in total. The zero-order valence-corrected chi connectivity index (χ0v) is 16.7. The van der Waals surface area contributed by atoms with Crippen LogP contribution in [0.15, 0.2) is 36.9 Å². The summed E-state index contributed by atoms with van der Waals surface area (Å²) < 4.78 is 0. The van der Waals surface area contributed by atoms with Gasteiger partial charge in [0.1, 0.15) is 11.7 Å². The van der Waals surface area contributed by atoms with Crippen molar-refractivity contribution in [2.75, 3.05) is 0 Å². The summed E-state index contributed by atoms with van der Waals surface area (Å²) in [5.41, 5.74) is 1.65. The highest BCUT2D eigenvalue weighted by molar-refractivity contribution is 6.43. The van der Waals surface area contributed by atoms with Crippen molar-refractivity contribution < 1.29 is 19.6 Å². The van der Waals surface area contributed by atoms with Gasteiger partial charge in [0.05, 0.1) is 12.1 Å². The zero-order valence-electron chi connectivity index (χ0n) is 16.7. The number of nitrogens with one attached hydrogen (secondary N) is 2. The largest absolute Gasteiger partial charge is 0.475 e. The first-order valence-corrected chi connectivity index (χ1v) is 9.41. The van der Waals surface area contributed by atoms with Crippen LogP contribution in [0, 0.1) is 12.8 Å². The van der Waals surface area contributed by atoms with E-state index >= 15 is 0 Å². The third kappa shape index (κ3) is 7.24. The summed E-state index contributed by atoms with van der Waals surface area (Å²) in [5, 5.41) is 24.4. The predicted molar refractivity (Wildman–Crippen MR) is 108 cm³/mol. The Labute approximate surface area is 170 Å². The van der Waals surface area contributed by atoms with Gasteiger partial charge in [-0.1, -0.05) is 19.9 Å². The number of pyridine rings is 1. The number of aryl methyl sites for hydroxylation is 1. The Hall–Kier alpha value is -2.85. The normalized spacial score (nSPS) is 12.9. The van der Waals surface area contributed by atoms with Crippen molar-refractivity contribution in [2.24, 2.45) is 5.92 Å². The molecule has 0 unspecified atom stereocenters. The molecule has 2 rings (SSSR count). The molecular formula is C19H26BN5O4. The van der Waals surface area contributed by atoms with Crippen LogP contribution in [-0.4, -0.2) is 55.9 Å². The number of nitrogens with zero attached hydrogens (tertiary/aromatic N) is 3. The van der Waals surface area contributed by atoms with E-state index in [-0.39, 0.29) is 18.0 Å². The molecule has 0 radical (unpaired) electrons. The third-order valence-corrected chi connectivity index (χ3v) is 4.22. The van der Waals surface area contributed by atoms with Crippen LogP contribution in [0.1, 0.15) is 42.0 Å². The molecule has 9 nitrogen and oxygen atoms in total. The van der Waals surface area contributed by atoms with E-state index in [4.69, 9.17) is 0 Å². The Morgan fingerprint density at radius 2 is 1.86 bits per heavy atom. The molecule has 2 atom stereocenters. The Morgan fingerprint density at radius 1 is 1.10 bits per heavy atom. The fraction of sp³-hybridized carbons (Fsp3) is 0.421. The van der Waals surface area contributed by atoms with E-state index in [9.17, 15) is 19.6 Å². The van der Waals surface area contributed by atoms with E-state index in [2.05, 4.69) is 25.6 Å². The zero-order chi connectivity index (χ0) is 21.4. The molecule has 0 saturated heterocycles. The van der Waals surface area contributed by atoms with Crippen molar-refractivity contribution in [1.29, 1.82) is 0 Å². The summed E-state index contributed by atoms with van der Waals surface area (Å²) >= 11 is 0. The lowest BCUT2D eigenvalue weighted by Crippen LogP contribution is -2.55. The maximum Gasteiger partial charge on any atom is 0.475 e. The molecule has 2 amide bonds. The third-order valence-electron chi connectivity index (χ3n) is 4.22. The topological polar surface area (TPSA) is 137 Å². The van der Waals surface area contributed by atoms with Gasteiger partial charge in [-0.25, -0.2) is 4.98 Å². The molecular weight excluding hydrogens is 373 g/mol. The van der Waals surface area contributed by atoms with E-state index < -0.39 is 30.9 Å². The minimum atomic E-state index is -1.71. The molecule has 0 saturated carbocycles. The molecule has 0 fully saturated rings. The van der Waals surface area contributed by atoms with Crippen LogP contribution in [-0.2, 0) is 11.2 Å². The van der Waals surface area contributed by atoms with Gasteiger partial charge in [0.25, 0.3) is 5.91 Å². The fourth-order valence-corrected chi connectivity index (χ4v) is 2.73. The van der Waals surface area contributed by atoms with Gasteiger partial charge in [-0.05, 0) is 30.9 Å². The maximum atomic E-state index is 12.9. The molecule has 0 aliphatic heterocycles. The standard InChI is InChI=1S/C19H26BN5O4/c1-12(2)8-17(20(28)29)25-18(26)15(9-14-5-4-13(3)10-23-14)24-19(27)16-11-21-6-7-22-16/h4-7,10-12,15,17,28-29H,8-9H2,1-3H3,(H,24,27)(H,25,26)/t15-,17-/m0/s1. The maximum absolute atomic E-state index is 12.9. The van der Waals surface area contributed by atoms with Crippen LogP contribution in [0.25, 0.3) is 0 Å².